The largest absolute Gasteiger partial charge is 0.368 e. The van der Waals surface area contributed by atoms with Crippen molar-refractivity contribution in [2.45, 2.75) is 57.9 Å². The zero-order chi connectivity index (χ0) is 20.6. The van der Waals surface area contributed by atoms with Crippen molar-refractivity contribution in [1.82, 2.24) is 19.6 Å². The maximum absolute atomic E-state index is 9.57. The third-order valence-corrected chi connectivity index (χ3v) is 7.09. The van der Waals surface area contributed by atoms with Gasteiger partial charge < -0.3 is 19.6 Å². The first-order valence-electron chi connectivity index (χ1n) is 11.6. The van der Waals surface area contributed by atoms with E-state index in [1.807, 2.05) is 0 Å². The van der Waals surface area contributed by atoms with Gasteiger partial charge in [0.1, 0.15) is 5.82 Å². The summed E-state index contributed by atoms with van der Waals surface area (Å²) in [4.78, 5) is 13.2. The van der Waals surface area contributed by atoms with Crippen molar-refractivity contribution in [3.63, 3.8) is 0 Å². The van der Waals surface area contributed by atoms with Crippen molar-refractivity contribution in [3.05, 3.63) is 22.9 Å². The van der Waals surface area contributed by atoms with Crippen LogP contribution >= 0.6 is 0 Å². The standard InChI is InChI=1S/C23H38N6/c1-20-8-7-13-29(20)19-21-9-14-28(15-10-21)23(22(18-24)25-2)26(3)16-17-27-11-5-4-6-12-27/h20-21H,4-17,19H2,1,3H3/b23-22+. The fourth-order valence-corrected chi connectivity index (χ4v) is 5.20. The number of nitrogens with zero attached hydrogens (tertiary/aromatic N) is 6. The quantitative estimate of drug-likeness (QED) is 0.487. The molecule has 0 radical (unpaired) electrons. The summed E-state index contributed by atoms with van der Waals surface area (Å²) in [7, 11) is 2.06. The maximum atomic E-state index is 9.57. The average Bonchev–Trinajstić information content (AvgIpc) is 3.16. The third kappa shape index (κ3) is 5.87. The Hall–Kier alpha value is -1.76. The molecule has 1 atom stereocenters. The zero-order valence-corrected chi connectivity index (χ0v) is 18.4. The summed E-state index contributed by atoms with van der Waals surface area (Å²) < 4.78 is 0. The molecular formula is C23H38N6. The molecule has 29 heavy (non-hydrogen) atoms. The molecule has 0 aliphatic carbocycles. The summed E-state index contributed by atoms with van der Waals surface area (Å²) in [5.41, 5.74) is 0.248. The number of hydrogen-bond acceptors (Lipinski definition) is 5. The van der Waals surface area contributed by atoms with Crippen LogP contribution in [0.5, 0.6) is 0 Å². The van der Waals surface area contributed by atoms with Gasteiger partial charge in [-0.1, -0.05) is 6.42 Å². The SMILES string of the molecule is [C-]#[N+]/C(C#N)=C(\N(C)CCN1CCCCC1)N1CCC(CN2CCCC2C)CC1. The van der Waals surface area contributed by atoms with Crippen molar-refractivity contribution < 1.29 is 0 Å². The van der Waals surface area contributed by atoms with Gasteiger partial charge in [-0.2, -0.15) is 0 Å². The van der Waals surface area contributed by atoms with Gasteiger partial charge in [0.2, 0.25) is 0 Å². The molecule has 3 aliphatic heterocycles. The number of hydrogen-bond donors (Lipinski definition) is 0. The highest BCUT2D eigenvalue weighted by Gasteiger charge is 2.29. The van der Waals surface area contributed by atoms with Crippen LogP contribution in [0.2, 0.25) is 0 Å². The second kappa shape index (κ2) is 10.9. The molecule has 6 heteroatoms. The summed E-state index contributed by atoms with van der Waals surface area (Å²) in [6.07, 6.45) is 8.92. The highest BCUT2D eigenvalue weighted by molar-refractivity contribution is 5.32. The Morgan fingerprint density at radius 3 is 2.38 bits per heavy atom. The predicted molar refractivity (Wildman–Crippen MR) is 117 cm³/mol. The molecule has 0 spiro atoms. The molecule has 3 rings (SSSR count). The lowest BCUT2D eigenvalue weighted by Gasteiger charge is -2.41. The molecule has 6 nitrogen and oxygen atoms in total. The summed E-state index contributed by atoms with van der Waals surface area (Å²) >= 11 is 0. The summed E-state index contributed by atoms with van der Waals surface area (Å²) in [5.74, 6) is 1.60. The first kappa shape index (κ1) is 21.9. The first-order valence-corrected chi connectivity index (χ1v) is 11.6. The smallest absolute Gasteiger partial charge is 0.300 e. The van der Waals surface area contributed by atoms with Crippen LogP contribution in [0.15, 0.2) is 11.5 Å². The van der Waals surface area contributed by atoms with E-state index >= 15 is 0 Å². The van der Waals surface area contributed by atoms with E-state index in [0.717, 1.165) is 56.8 Å². The minimum atomic E-state index is 0.248. The molecule has 0 aromatic rings. The number of piperidine rings is 2. The van der Waals surface area contributed by atoms with Gasteiger partial charge in [-0.05, 0) is 71.0 Å². The molecular weight excluding hydrogens is 360 g/mol. The normalized spacial score (nSPS) is 25.4. The molecule has 0 bridgehead atoms. The van der Waals surface area contributed by atoms with Crippen molar-refractivity contribution in [2.24, 2.45) is 5.92 Å². The molecule has 1 unspecified atom stereocenters. The van der Waals surface area contributed by atoms with Crippen LogP contribution < -0.4 is 0 Å². The number of allylic oxidation sites excluding steroid dienone is 1. The Morgan fingerprint density at radius 2 is 1.79 bits per heavy atom. The molecule has 3 heterocycles. The third-order valence-electron chi connectivity index (χ3n) is 7.09. The monoisotopic (exact) mass is 398 g/mol. The molecule has 3 fully saturated rings. The molecule has 3 saturated heterocycles. The minimum Gasteiger partial charge on any atom is -0.368 e. The zero-order valence-electron chi connectivity index (χ0n) is 18.4. The van der Waals surface area contributed by atoms with Crippen LogP contribution in [0.3, 0.4) is 0 Å². The van der Waals surface area contributed by atoms with Gasteiger partial charge in [-0.3, -0.25) is 0 Å². The van der Waals surface area contributed by atoms with Crippen molar-refractivity contribution in [3.8, 4) is 6.07 Å². The molecule has 0 saturated carbocycles. The molecule has 0 aromatic heterocycles. The number of nitriles is 1. The van der Waals surface area contributed by atoms with Crippen molar-refractivity contribution in [1.29, 1.82) is 5.26 Å². The number of likely N-dealkylation sites (tertiary alicyclic amines) is 3. The van der Waals surface area contributed by atoms with E-state index in [0.29, 0.717) is 0 Å². The van der Waals surface area contributed by atoms with Crippen molar-refractivity contribution >= 4 is 0 Å². The Balaban J connectivity index is 1.57. The van der Waals surface area contributed by atoms with E-state index in [1.54, 1.807) is 0 Å². The highest BCUT2D eigenvalue weighted by atomic mass is 15.3. The van der Waals surface area contributed by atoms with Crippen LogP contribution in [0.1, 0.15) is 51.9 Å². The lowest BCUT2D eigenvalue weighted by molar-refractivity contribution is 0.130. The lowest BCUT2D eigenvalue weighted by Crippen LogP contribution is -2.44. The Labute approximate surface area is 177 Å². The molecule has 0 N–H and O–H groups in total. The Morgan fingerprint density at radius 1 is 1.07 bits per heavy atom. The van der Waals surface area contributed by atoms with Gasteiger partial charge in [0, 0.05) is 45.8 Å². The van der Waals surface area contributed by atoms with Gasteiger partial charge in [-0.25, -0.2) is 10.1 Å². The predicted octanol–water partition coefficient (Wildman–Crippen LogP) is 3.21. The Kier molecular flexibility index (Phi) is 8.21. The maximum Gasteiger partial charge on any atom is 0.300 e. The van der Waals surface area contributed by atoms with E-state index in [-0.39, 0.29) is 5.70 Å². The second-order valence-electron chi connectivity index (χ2n) is 9.14. The van der Waals surface area contributed by atoms with Gasteiger partial charge in [-0.15, -0.1) is 0 Å². The van der Waals surface area contributed by atoms with E-state index < -0.39 is 0 Å². The summed E-state index contributed by atoms with van der Waals surface area (Å²) in [6.45, 7) is 18.5. The minimum absolute atomic E-state index is 0.248. The number of rotatable bonds is 7. The average molecular weight is 399 g/mol. The summed E-state index contributed by atoms with van der Waals surface area (Å²) in [5, 5.41) is 9.57. The van der Waals surface area contributed by atoms with E-state index in [4.69, 9.17) is 6.57 Å². The molecule has 160 valence electrons. The summed E-state index contributed by atoms with van der Waals surface area (Å²) in [6, 6.07) is 2.90. The molecule has 0 aromatic carbocycles. The first-order chi connectivity index (χ1) is 14.1. The van der Waals surface area contributed by atoms with Gasteiger partial charge >= 0.3 is 5.70 Å². The van der Waals surface area contributed by atoms with Crippen LogP contribution in [0, 0.1) is 23.8 Å². The fourth-order valence-electron chi connectivity index (χ4n) is 5.20. The second-order valence-corrected chi connectivity index (χ2v) is 9.14. The highest BCUT2D eigenvalue weighted by Crippen LogP contribution is 2.27. The van der Waals surface area contributed by atoms with Gasteiger partial charge in [0.05, 0.1) is 12.6 Å². The fraction of sp³-hybridized carbons (Fsp3) is 0.826. The van der Waals surface area contributed by atoms with E-state index in [1.165, 1.54) is 58.3 Å². The number of likely N-dealkylation sites (N-methyl/N-ethyl adjacent to an activating group) is 1. The lowest BCUT2D eigenvalue weighted by atomic mass is 9.95. The topological polar surface area (TPSA) is 41.1 Å². The Bertz CT molecular complexity index is 615. The van der Waals surface area contributed by atoms with Crippen molar-refractivity contribution in [2.75, 3.05) is 59.4 Å². The van der Waals surface area contributed by atoms with Gasteiger partial charge in [0.25, 0.3) is 0 Å². The molecule has 3 aliphatic rings. The van der Waals surface area contributed by atoms with Gasteiger partial charge in [0.15, 0.2) is 0 Å². The van der Waals surface area contributed by atoms with Crippen LogP contribution in [-0.2, 0) is 0 Å². The van der Waals surface area contributed by atoms with E-state index in [2.05, 4.69) is 44.5 Å². The van der Waals surface area contributed by atoms with E-state index in [9.17, 15) is 5.26 Å². The van der Waals surface area contributed by atoms with Crippen LogP contribution in [0.25, 0.3) is 4.85 Å². The molecule has 0 amide bonds. The van der Waals surface area contributed by atoms with Crippen LogP contribution in [0.4, 0.5) is 0 Å². The van der Waals surface area contributed by atoms with Crippen LogP contribution in [-0.4, -0.2) is 85.0 Å².